The van der Waals surface area contributed by atoms with Gasteiger partial charge in [-0.05, 0) is 185 Å². The minimum atomic E-state index is -0.982. The number of rotatable bonds is 11. The average molecular weight is 1260 g/mol. The van der Waals surface area contributed by atoms with Crippen molar-refractivity contribution in [2.45, 2.75) is 141 Å². The molecule has 0 bridgehead atoms. The van der Waals surface area contributed by atoms with E-state index in [1.165, 1.54) is 38.0 Å². The van der Waals surface area contributed by atoms with Crippen LogP contribution in [0.2, 0.25) is 0 Å². The third-order valence-electron chi connectivity index (χ3n) is 16.4. The highest BCUT2D eigenvalue weighted by Gasteiger charge is 2.68. The van der Waals surface area contributed by atoms with Crippen molar-refractivity contribution in [1.29, 1.82) is 5.26 Å². The molecule has 78 heavy (non-hydrogen) atoms. The summed E-state index contributed by atoms with van der Waals surface area (Å²) in [5.74, 6) is 1.65. The van der Waals surface area contributed by atoms with Crippen molar-refractivity contribution in [1.82, 2.24) is 35.1 Å². The van der Waals surface area contributed by atoms with Crippen molar-refractivity contribution in [3.8, 4) is 5.40 Å². The minimum Gasteiger partial charge on any atom is -0.465 e. The largest absolute Gasteiger partial charge is 0.465 e. The van der Waals surface area contributed by atoms with E-state index in [-0.39, 0.29) is 53.9 Å². The molecule has 4 aromatic rings. The van der Waals surface area contributed by atoms with E-state index in [2.05, 4.69) is 126 Å². The van der Waals surface area contributed by atoms with Crippen LogP contribution in [0.1, 0.15) is 127 Å². The summed E-state index contributed by atoms with van der Waals surface area (Å²) in [5, 5.41) is 15.9. The SMILES string of the molecule is C1CCOC1.CCN(CC)CC.CCOC(=O)[C@]1(SC#N)c2cc(Br)ccc2C[C@@]12CC[C@H](OC)[C@@H](C)C2.CO[C@H]1CC[C@@]2(Cc3ccc(Br)cc3[C@]23NC(=S)N(Cc2ncccn2)C3=O)C[C@@H]1C.Cl.NCc1ncccn1. The number of fused-ring (bicyclic) bond motifs is 4. The number of nitrogens with two attached hydrogens (primary N) is 1. The molecule has 1 amide bonds. The van der Waals surface area contributed by atoms with Gasteiger partial charge in [0.1, 0.15) is 17.1 Å². The standard InChI is InChI=1S/C23H25BrN4O2S.C20H24BrNO3S.C6H15N.C5H7N3.C4H8O.ClH/c1-14-11-22(7-6-18(14)30-2)12-15-4-5-16(24)10-17(15)23(22)20(29)28(21(31)27-23)13-19-25-8-3-9-26-19;1-4-25-18(23)20(26-12-22)16-9-15(21)6-5-14(16)11-19(20)8-7-17(24-3)13(2)10-19;1-4-7(5-2)6-3;6-4-5-7-2-1-3-8-5;1-2-4-5-3-1;/h3-5,8-10,14,18H,6-7,11-13H2,1-2H3,(H,27,31);5-6,9,13,17H,4,7-8,10-11H2,1-3H3;4-6H2,1-3H3;1-3H,4,6H2;1-4H2;1H/t14-,18-,22-,23+;13-,17-,19-,20+;;;;/m00..../s1. The number of nitrogens with zero attached hydrogens (tertiary/aromatic N) is 7. The molecule has 3 N–H and O–H groups in total. The highest BCUT2D eigenvalue weighted by atomic mass is 79.9. The highest BCUT2D eigenvalue weighted by Crippen LogP contribution is 2.66. The van der Waals surface area contributed by atoms with Crippen molar-refractivity contribution < 1.29 is 28.5 Å². The van der Waals surface area contributed by atoms with Crippen molar-refractivity contribution in [3.05, 3.63) is 116 Å². The number of thiocyanates is 1. The summed E-state index contributed by atoms with van der Waals surface area (Å²) >= 11 is 13.9. The van der Waals surface area contributed by atoms with Gasteiger partial charge in [-0.3, -0.25) is 14.5 Å². The number of benzene rings is 2. The maximum atomic E-state index is 14.2. The van der Waals surface area contributed by atoms with Crippen molar-refractivity contribution in [2.24, 2.45) is 28.4 Å². The maximum absolute atomic E-state index is 14.2. The fourth-order valence-corrected chi connectivity index (χ4v) is 14.8. The van der Waals surface area contributed by atoms with Crippen molar-refractivity contribution in [2.75, 3.05) is 53.7 Å². The number of methoxy groups -OCH3 is 2. The van der Waals surface area contributed by atoms with Crippen LogP contribution in [0.3, 0.4) is 0 Å². The van der Waals surface area contributed by atoms with E-state index in [0.717, 1.165) is 102 Å². The Hall–Kier alpha value is -3.68. The van der Waals surface area contributed by atoms with Gasteiger partial charge in [0, 0.05) is 72.0 Å². The summed E-state index contributed by atoms with van der Waals surface area (Å²) in [4.78, 5) is 47.9. The zero-order valence-corrected chi connectivity index (χ0v) is 52.2. The second-order valence-corrected chi connectivity index (χ2v) is 23.9. The number of hydrogen-bond acceptors (Lipinski definition) is 15. The molecule has 4 fully saturated rings. The van der Waals surface area contributed by atoms with Crippen LogP contribution in [0, 0.1) is 33.3 Å². The van der Waals surface area contributed by atoms with E-state index in [1.807, 2.05) is 19.1 Å². The smallest absolute Gasteiger partial charge is 0.328 e. The zero-order chi connectivity index (χ0) is 55.8. The molecule has 0 radical (unpaired) electrons. The molecule has 8 atom stereocenters. The summed E-state index contributed by atoms with van der Waals surface area (Å²) in [7, 11) is 3.54. The van der Waals surface area contributed by atoms with Gasteiger partial charge >= 0.3 is 5.97 Å². The fourth-order valence-electron chi connectivity index (χ4n) is 12.7. The fraction of sp³-hybridized carbons (Fsp3) is 0.586. The molecule has 2 saturated heterocycles. The number of esters is 1. The molecule has 15 nitrogen and oxygen atoms in total. The molecule has 3 spiro atoms. The zero-order valence-electron chi connectivity index (χ0n) is 46.6. The lowest BCUT2D eigenvalue weighted by Gasteiger charge is -2.48. The molecule has 10 rings (SSSR count). The Morgan fingerprint density at radius 2 is 1.35 bits per heavy atom. The predicted molar refractivity (Wildman–Crippen MR) is 320 cm³/mol. The average Bonchev–Trinajstić information content (AvgIpc) is 3.74. The van der Waals surface area contributed by atoms with Gasteiger partial charge < -0.3 is 34.9 Å². The molecule has 4 heterocycles. The summed E-state index contributed by atoms with van der Waals surface area (Å²) in [6, 6.07) is 15.9. The highest BCUT2D eigenvalue weighted by molar-refractivity contribution is 9.10. The van der Waals surface area contributed by atoms with E-state index in [0.29, 0.717) is 41.7 Å². The number of thioether (sulfide) groups is 1. The van der Waals surface area contributed by atoms with E-state index in [9.17, 15) is 14.9 Å². The number of aromatic nitrogens is 4. The quantitative estimate of drug-likeness (QED) is 0.0818. The molecular weight excluding hydrogens is 1180 g/mol. The summed E-state index contributed by atoms with van der Waals surface area (Å²) < 4.78 is 22.8. The molecule has 20 heteroatoms. The molecule has 0 unspecified atom stereocenters. The monoisotopic (exact) mass is 1260 g/mol. The first-order chi connectivity index (χ1) is 37.1. The van der Waals surface area contributed by atoms with E-state index >= 15 is 0 Å². The third-order valence-corrected chi connectivity index (χ3v) is 18.9. The number of hydrogen-bond donors (Lipinski definition) is 2. The second kappa shape index (κ2) is 30.4. The van der Waals surface area contributed by atoms with Crippen molar-refractivity contribution >= 4 is 85.2 Å². The van der Waals surface area contributed by atoms with Crippen LogP contribution >= 0.6 is 68.2 Å². The topological polar surface area (TPSA) is 191 Å². The molecule has 2 aromatic carbocycles. The van der Waals surface area contributed by atoms with Crippen LogP contribution in [0.15, 0.2) is 82.3 Å². The van der Waals surface area contributed by atoms with Gasteiger partial charge in [-0.1, -0.05) is 78.6 Å². The number of nitriles is 1. The second-order valence-electron chi connectivity index (χ2n) is 20.6. The summed E-state index contributed by atoms with van der Waals surface area (Å²) in [5.41, 5.74) is 8.11. The minimum absolute atomic E-state index is 0. The number of nitrogens with one attached hydrogen (secondary N) is 1. The number of halogens is 3. The number of carbonyl (C=O) groups excluding carboxylic acids is 2. The van der Waals surface area contributed by atoms with Gasteiger partial charge in [-0.15, -0.1) is 12.4 Å². The van der Waals surface area contributed by atoms with E-state index in [4.69, 9.17) is 36.9 Å². The molecule has 2 saturated carbocycles. The van der Waals surface area contributed by atoms with Gasteiger partial charge in [0.2, 0.25) is 0 Å². The molecule has 6 aliphatic rings. The van der Waals surface area contributed by atoms with Crippen LogP contribution in [-0.2, 0) is 64.8 Å². The first kappa shape index (κ1) is 65.1. The lowest BCUT2D eigenvalue weighted by molar-refractivity contribution is -0.152. The first-order valence-electron chi connectivity index (χ1n) is 27.2. The van der Waals surface area contributed by atoms with E-state index < -0.39 is 10.3 Å². The Labute approximate surface area is 495 Å². The summed E-state index contributed by atoms with van der Waals surface area (Å²) in [6.07, 6.45) is 16.6. The van der Waals surface area contributed by atoms with Crippen LogP contribution in [0.4, 0.5) is 0 Å². The van der Waals surface area contributed by atoms with Crippen LogP contribution in [-0.4, -0.2) is 113 Å². The maximum Gasteiger partial charge on any atom is 0.328 e. The van der Waals surface area contributed by atoms with E-state index in [1.54, 1.807) is 56.0 Å². The van der Waals surface area contributed by atoms with Gasteiger partial charge in [-0.25, -0.2) is 19.9 Å². The lowest BCUT2D eigenvalue weighted by atomic mass is 9.59. The predicted octanol–water partition coefficient (Wildman–Crippen LogP) is 11.0. The number of carbonyl (C=O) groups is 2. The van der Waals surface area contributed by atoms with Gasteiger partial charge in [0.15, 0.2) is 15.4 Å². The van der Waals surface area contributed by atoms with Gasteiger partial charge in [0.05, 0.1) is 31.9 Å². The lowest BCUT2D eigenvalue weighted by Crippen LogP contribution is -2.58. The third kappa shape index (κ3) is 14.1. The van der Waals surface area contributed by atoms with Crippen LogP contribution in [0.25, 0.3) is 0 Å². The van der Waals surface area contributed by atoms with Gasteiger partial charge in [-0.2, -0.15) is 5.26 Å². The Bertz CT molecular complexity index is 2610. The Balaban J connectivity index is 0.000000212. The Morgan fingerprint density at radius 1 is 0.846 bits per heavy atom. The molecule has 2 aromatic heterocycles. The van der Waals surface area contributed by atoms with Crippen LogP contribution in [0.5, 0.6) is 0 Å². The molecule has 426 valence electrons. The van der Waals surface area contributed by atoms with Crippen LogP contribution < -0.4 is 11.1 Å². The number of amides is 1. The van der Waals surface area contributed by atoms with Crippen molar-refractivity contribution in [3.63, 3.8) is 0 Å². The molecular formula is C58H80Br2ClN9O6S2. The normalized spacial score (nSPS) is 27.1. The summed E-state index contributed by atoms with van der Waals surface area (Å²) in [6.45, 7) is 19.3. The molecule has 2 aliphatic heterocycles. The van der Waals surface area contributed by atoms with Gasteiger partial charge in [0.25, 0.3) is 5.91 Å². The number of ether oxygens (including phenoxy) is 4. The first-order valence-corrected chi connectivity index (χ1v) is 30.0. The number of thiocarbonyl (C=S) groups is 1. The molecule has 4 aliphatic carbocycles. The Kier molecular flexibility index (Phi) is 25.4. The Morgan fingerprint density at radius 3 is 1.79 bits per heavy atom.